The molecule has 2 N–H and O–H groups in total. The molecule has 0 saturated heterocycles. The highest BCUT2D eigenvalue weighted by atomic mass is 16.5. The van der Waals surface area contributed by atoms with Crippen LogP contribution in [0.15, 0.2) is 0 Å². The average Bonchev–Trinajstić information content (AvgIpc) is 2.24. The van der Waals surface area contributed by atoms with Crippen LogP contribution in [0.4, 0.5) is 0 Å². The zero-order valence-corrected chi connectivity index (χ0v) is 10.4. The standard InChI is InChI=1S/C11H24N2O2/c1-5-11(6-2,9-12)15-8-7-10(14)13(3)4/h5-9,12H2,1-4H3. The summed E-state index contributed by atoms with van der Waals surface area (Å²) in [7, 11) is 3.50. The highest BCUT2D eigenvalue weighted by Gasteiger charge is 2.25. The van der Waals surface area contributed by atoms with Crippen molar-refractivity contribution in [1.82, 2.24) is 4.90 Å². The lowest BCUT2D eigenvalue weighted by atomic mass is 9.97. The van der Waals surface area contributed by atoms with Gasteiger partial charge in [0.05, 0.1) is 18.6 Å². The molecule has 0 rings (SSSR count). The first-order chi connectivity index (χ1) is 7.01. The Bertz CT molecular complexity index is 181. The third-order valence-corrected chi connectivity index (χ3v) is 2.88. The molecule has 0 aromatic rings. The van der Waals surface area contributed by atoms with Gasteiger partial charge in [-0.2, -0.15) is 0 Å². The van der Waals surface area contributed by atoms with Crippen molar-refractivity contribution in [3.63, 3.8) is 0 Å². The minimum absolute atomic E-state index is 0.0909. The van der Waals surface area contributed by atoms with Crippen LogP contribution in [0, 0.1) is 0 Å². The second-order valence-electron chi connectivity index (χ2n) is 3.98. The Hall–Kier alpha value is -0.610. The van der Waals surface area contributed by atoms with Crippen LogP contribution >= 0.6 is 0 Å². The molecule has 0 unspecified atom stereocenters. The fourth-order valence-electron chi connectivity index (χ4n) is 1.38. The molecule has 4 nitrogen and oxygen atoms in total. The smallest absolute Gasteiger partial charge is 0.224 e. The van der Waals surface area contributed by atoms with E-state index in [9.17, 15) is 4.79 Å². The maximum absolute atomic E-state index is 11.3. The van der Waals surface area contributed by atoms with Crippen molar-refractivity contribution >= 4 is 5.91 Å². The van der Waals surface area contributed by atoms with Gasteiger partial charge in [0.1, 0.15) is 0 Å². The molecule has 0 aliphatic heterocycles. The molecular weight excluding hydrogens is 192 g/mol. The van der Waals surface area contributed by atoms with E-state index in [2.05, 4.69) is 13.8 Å². The number of hydrogen-bond acceptors (Lipinski definition) is 3. The van der Waals surface area contributed by atoms with Crippen LogP contribution in [0.3, 0.4) is 0 Å². The van der Waals surface area contributed by atoms with E-state index in [-0.39, 0.29) is 11.5 Å². The van der Waals surface area contributed by atoms with E-state index in [1.165, 1.54) is 0 Å². The molecule has 15 heavy (non-hydrogen) atoms. The Kier molecular flexibility index (Phi) is 6.52. The third-order valence-electron chi connectivity index (χ3n) is 2.88. The van der Waals surface area contributed by atoms with Gasteiger partial charge in [0, 0.05) is 20.6 Å². The van der Waals surface area contributed by atoms with Crippen molar-refractivity contribution in [2.45, 2.75) is 38.7 Å². The number of rotatable bonds is 7. The van der Waals surface area contributed by atoms with E-state index >= 15 is 0 Å². The van der Waals surface area contributed by atoms with Gasteiger partial charge < -0.3 is 15.4 Å². The van der Waals surface area contributed by atoms with Crippen LogP contribution in [-0.2, 0) is 9.53 Å². The van der Waals surface area contributed by atoms with Gasteiger partial charge in [-0.3, -0.25) is 4.79 Å². The van der Waals surface area contributed by atoms with E-state index in [4.69, 9.17) is 10.5 Å². The molecule has 0 saturated carbocycles. The highest BCUT2D eigenvalue weighted by molar-refractivity contribution is 5.75. The Balaban J connectivity index is 3.96. The van der Waals surface area contributed by atoms with Crippen LogP contribution in [0.5, 0.6) is 0 Å². The number of nitrogens with two attached hydrogens (primary N) is 1. The van der Waals surface area contributed by atoms with E-state index < -0.39 is 0 Å². The minimum Gasteiger partial charge on any atom is -0.373 e. The summed E-state index contributed by atoms with van der Waals surface area (Å²) in [6.45, 7) is 5.08. The predicted octanol–water partition coefficient (Wildman–Crippen LogP) is 0.999. The molecule has 4 heteroatoms. The van der Waals surface area contributed by atoms with Crippen LogP contribution < -0.4 is 5.73 Å². The highest BCUT2D eigenvalue weighted by Crippen LogP contribution is 2.19. The fraction of sp³-hybridized carbons (Fsp3) is 0.909. The van der Waals surface area contributed by atoms with Crippen molar-refractivity contribution in [1.29, 1.82) is 0 Å². The number of carbonyl (C=O) groups is 1. The van der Waals surface area contributed by atoms with Crippen molar-refractivity contribution in [3.05, 3.63) is 0 Å². The van der Waals surface area contributed by atoms with Crippen molar-refractivity contribution in [3.8, 4) is 0 Å². The van der Waals surface area contributed by atoms with Gasteiger partial charge in [-0.15, -0.1) is 0 Å². The lowest BCUT2D eigenvalue weighted by Gasteiger charge is -2.30. The number of carbonyl (C=O) groups excluding carboxylic acids is 1. The van der Waals surface area contributed by atoms with Crippen LogP contribution in [0.2, 0.25) is 0 Å². The SMILES string of the molecule is CCC(CC)(CN)OCCC(=O)N(C)C. The summed E-state index contributed by atoms with van der Waals surface area (Å²) < 4.78 is 5.73. The molecule has 90 valence electrons. The molecule has 0 fully saturated rings. The summed E-state index contributed by atoms with van der Waals surface area (Å²) in [5.74, 6) is 0.0909. The van der Waals surface area contributed by atoms with Gasteiger partial charge in [0.15, 0.2) is 0 Å². The second-order valence-corrected chi connectivity index (χ2v) is 3.98. The Morgan fingerprint density at radius 1 is 1.33 bits per heavy atom. The van der Waals surface area contributed by atoms with Crippen LogP contribution in [0.25, 0.3) is 0 Å². The number of hydrogen-bond donors (Lipinski definition) is 1. The summed E-state index contributed by atoms with van der Waals surface area (Å²) in [4.78, 5) is 12.9. The van der Waals surface area contributed by atoms with Gasteiger partial charge >= 0.3 is 0 Å². The molecular formula is C11H24N2O2. The average molecular weight is 216 g/mol. The van der Waals surface area contributed by atoms with Crippen molar-refractivity contribution in [2.24, 2.45) is 5.73 Å². The molecule has 0 radical (unpaired) electrons. The zero-order valence-electron chi connectivity index (χ0n) is 10.4. The number of ether oxygens (including phenoxy) is 1. The molecule has 1 amide bonds. The molecule has 0 spiro atoms. The van der Waals surface area contributed by atoms with E-state index in [1.54, 1.807) is 19.0 Å². The summed E-state index contributed by atoms with van der Waals surface area (Å²) in [5, 5.41) is 0. The van der Waals surface area contributed by atoms with Crippen molar-refractivity contribution in [2.75, 3.05) is 27.2 Å². The fourth-order valence-corrected chi connectivity index (χ4v) is 1.38. The van der Waals surface area contributed by atoms with E-state index in [0.717, 1.165) is 12.8 Å². The van der Waals surface area contributed by atoms with Gasteiger partial charge in [0.2, 0.25) is 5.91 Å². The molecule has 0 aliphatic carbocycles. The second kappa shape index (κ2) is 6.80. The van der Waals surface area contributed by atoms with Gasteiger partial charge in [0.25, 0.3) is 0 Å². The Morgan fingerprint density at radius 2 is 1.87 bits per heavy atom. The normalized spacial score (nSPS) is 11.5. The Morgan fingerprint density at radius 3 is 2.20 bits per heavy atom. The van der Waals surface area contributed by atoms with Gasteiger partial charge in [-0.05, 0) is 12.8 Å². The first-order valence-electron chi connectivity index (χ1n) is 5.55. The summed E-state index contributed by atoms with van der Waals surface area (Å²) in [5.41, 5.74) is 5.44. The van der Waals surface area contributed by atoms with Crippen molar-refractivity contribution < 1.29 is 9.53 Å². The quantitative estimate of drug-likeness (QED) is 0.690. The molecule has 0 atom stereocenters. The van der Waals surface area contributed by atoms with Gasteiger partial charge in [-0.25, -0.2) is 0 Å². The lowest BCUT2D eigenvalue weighted by molar-refractivity contribution is -0.131. The van der Waals surface area contributed by atoms with Gasteiger partial charge in [-0.1, -0.05) is 13.8 Å². The first-order valence-corrected chi connectivity index (χ1v) is 5.55. The zero-order chi connectivity index (χ0) is 11.9. The first kappa shape index (κ1) is 14.4. The predicted molar refractivity (Wildman–Crippen MR) is 61.6 cm³/mol. The molecule has 0 aromatic carbocycles. The van der Waals surface area contributed by atoms with E-state index in [0.29, 0.717) is 19.6 Å². The maximum atomic E-state index is 11.3. The third kappa shape index (κ3) is 4.62. The monoisotopic (exact) mass is 216 g/mol. The number of nitrogens with zero attached hydrogens (tertiary/aromatic N) is 1. The topological polar surface area (TPSA) is 55.6 Å². The molecule has 0 aliphatic rings. The molecule has 0 aromatic heterocycles. The molecule has 0 heterocycles. The molecule has 0 bridgehead atoms. The van der Waals surface area contributed by atoms with E-state index in [1.807, 2.05) is 0 Å². The maximum Gasteiger partial charge on any atom is 0.224 e. The summed E-state index contributed by atoms with van der Waals surface area (Å²) >= 11 is 0. The number of amides is 1. The lowest BCUT2D eigenvalue weighted by Crippen LogP contribution is -2.40. The Labute approximate surface area is 92.8 Å². The largest absolute Gasteiger partial charge is 0.373 e. The van der Waals surface area contributed by atoms with Crippen LogP contribution in [0.1, 0.15) is 33.1 Å². The summed E-state index contributed by atoms with van der Waals surface area (Å²) in [6, 6.07) is 0. The van der Waals surface area contributed by atoms with Crippen LogP contribution in [-0.4, -0.2) is 43.7 Å². The summed E-state index contributed by atoms with van der Waals surface area (Å²) in [6.07, 6.45) is 2.20. The minimum atomic E-state index is -0.243.